The van der Waals surface area contributed by atoms with Gasteiger partial charge in [0.05, 0.1) is 6.54 Å². The van der Waals surface area contributed by atoms with E-state index in [0.29, 0.717) is 18.9 Å². The van der Waals surface area contributed by atoms with Crippen LogP contribution in [0.2, 0.25) is 0 Å². The summed E-state index contributed by atoms with van der Waals surface area (Å²) in [6.45, 7) is 9.19. The van der Waals surface area contributed by atoms with Crippen LogP contribution in [0, 0.1) is 27.7 Å². The lowest BCUT2D eigenvalue weighted by atomic mass is 10.1. The minimum Gasteiger partial charge on any atom is -0.491 e. The van der Waals surface area contributed by atoms with Crippen LogP contribution in [0.3, 0.4) is 0 Å². The molecule has 2 heterocycles. The molecule has 0 aliphatic rings. The van der Waals surface area contributed by atoms with E-state index in [2.05, 4.69) is 20.4 Å². The van der Waals surface area contributed by atoms with Gasteiger partial charge in [-0.15, -0.1) is 0 Å². The predicted molar refractivity (Wildman–Crippen MR) is 117 cm³/mol. The molecule has 2 aromatic heterocycles. The number of aryl methyl sites for hydroxylation is 3. The number of nitrogens with zero attached hydrogens (tertiary/aromatic N) is 4. The Balaban J connectivity index is 1.41. The highest BCUT2D eigenvalue weighted by atomic mass is 16.5. The molecule has 0 aliphatic carbocycles. The van der Waals surface area contributed by atoms with E-state index in [1.165, 1.54) is 6.33 Å². The van der Waals surface area contributed by atoms with Crippen LogP contribution in [-0.4, -0.2) is 32.7 Å². The van der Waals surface area contributed by atoms with E-state index in [1.54, 1.807) is 4.52 Å². The third-order valence-electron chi connectivity index (χ3n) is 4.96. The molecule has 30 heavy (non-hydrogen) atoms. The molecular formula is C23H25N5O2. The highest BCUT2D eigenvalue weighted by molar-refractivity contribution is 5.52. The third kappa shape index (κ3) is 4.05. The molecule has 0 bridgehead atoms. The summed E-state index contributed by atoms with van der Waals surface area (Å²) in [6, 6.07) is 13.8. The molecular weight excluding hydrogens is 378 g/mol. The van der Waals surface area contributed by atoms with Crippen LogP contribution < -0.4 is 14.8 Å². The van der Waals surface area contributed by atoms with Crippen molar-refractivity contribution in [3.05, 3.63) is 71.2 Å². The van der Waals surface area contributed by atoms with Crippen molar-refractivity contribution in [2.24, 2.45) is 0 Å². The van der Waals surface area contributed by atoms with Crippen LogP contribution in [0.1, 0.15) is 22.4 Å². The maximum absolute atomic E-state index is 6.08. The van der Waals surface area contributed by atoms with Crippen molar-refractivity contribution < 1.29 is 9.47 Å². The minimum absolute atomic E-state index is 0.511. The zero-order valence-electron chi connectivity index (χ0n) is 17.6. The summed E-state index contributed by atoms with van der Waals surface area (Å²) in [5.41, 5.74) is 4.05. The Morgan fingerprint density at radius 1 is 0.967 bits per heavy atom. The molecule has 0 amide bonds. The topological polar surface area (TPSA) is 73.6 Å². The summed E-state index contributed by atoms with van der Waals surface area (Å²) in [5, 5.41) is 7.66. The summed E-state index contributed by atoms with van der Waals surface area (Å²) >= 11 is 0. The average Bonchev–Trinajstić information content (AvgIpc) is 3.18. The number of hydrogen-bond acceptors (Lipinski definition) is 6. The monoisotopic (exact) mass is 403 g/mol. The summed E-state index contributed by atoms with van der Waals surface area (Å²) in [6.07, 6.45) is 1.51. The summed E-state index contributed by atoms with van der Waals surface area (Å²) in [5.74, 6) is 3.97. The van der Waals surface area contributed by atoms with Crippen LogP contribution in [0.25, 0.3) is 5.78 Å². The van der Waals surface area contributed by atoms with E-state index in [-0.39, 0.29) is 0 Å². The Hall–Kier alpha value is -3.61. The number of nitrogens with one attached hydrogen (secondary N) is 1. The lowest BCUT2D eigenvalue weighted by Crippen LogP contribution is -2.16. The maximum atomic E-state index is 6.08. The fourth-order valence-electron chi connectivity index (χ4n) is 3.39. The van der Waals surface area contributed by atoms with Crippen molar-refractivity contribution in [3.63, 3.8) is 0 Å². The molecule has 7 nitrogen and oxygen atoms in total. The standard InChI is InChI=1S/C23H25N5O2/c1-15-12-20(30-19-8-6-5-7-9-19)13-16(2)21(15)29-11-10-24-22-17(3)18(4)27-23-25-14-26-28(22)23/h5-9,12-14,24H,10-11H2,1-4H3. The Labute approximate surface area is 175 Å². The van der Waals surface area contributed by atoms with E-state index in [9.17, 15) is 0 Å². The zero-order valence-corrected chi connectivity index (χ0v) is 17.6. The molecule has 0 saturated carbocycles. The van der Waals surface area contributed by atoms with Crippen LogP contribution >= 0.6 is 0 Å². The number of ether oxygens (including phenoxy) is 2. The largest absolute Gasteiger partial charge is 0.491 e. The van der Waals surface area contributed by atoms with E-state index in [4.69, 9.17) is 9.47 Å². The summed E-state index contributed by atoms with van der Waals surface area (Å²) < 4.78 is 13.7. The average molecular weight is 403 g/mol. The van der Waals surface area contributed by atoms with Gasteiger partial charge in [0.25, 0.3) is 5.78 Å². The van der Waals surface area contributed by atoms with E-state index < -0.39 is 0 Å². The van der Waals surface area contributed by atoms with Crippen LogP contribution in [0.5, 0.6) is 17.2 Å². The van der Waals surface area contributed by atoms with Gasteiger partial charge in [0.1, 0.15) is 36.0 Å². The number of benzene rings is 2. The molecule has 1 N–H and O–H groups in total. The van der Waals surface area contributed by atoms with Crippen molar-refractivity contribution in [3.8, 4) is 17.2 Å². The molecule has 0 unspecified atom stereocenters. The molecule has 0 atom stereocenters. The summed E-state index contributed by atoms with van der Waals surface area (Å²) in [7, 11) is 0. The first-order valence-electron chi connectivity index (χ1n) is 9.90. The second-order valence-electron chi connectivity index (χ2n) is 7.22. The van der Waals surface area contributed by atoms with Crippen molar-refractivity contribution in [1.29, 1.82) is 0 Å². The smallest absolute Gasteiger partial charge is 0.254 e. The van der Waals surface area contributed by atoms with Gasteiger partial charge in [0.2, 0.25) is 0 Å². The molecule has 0 spiro atoms. The quantitative estimate of drug-likeness (QED) is 0.453. The van der Waals surface area contributed by atoms with Crippen molar-refractivity contribution in [1.82, 2.24) is 19.6 Å². The molecule has 2 aromatic carbocycles. The van der Waals surface area contributed by atoms with Crippen molar-refractivity contribution >= 4 is 11.6 Å². The van der Waals surface area contributed by atoms with Crippen LogP contribution in [0.4, 0.5) is 5.82 Å². The Morgan fingerprint density at radius 3 is 2.43 bits per heavy atom. The highest BCUT2D eigenvalue weighted by Gasteiger charge is 2.11. The first kappa shape index (κ1) is 19.7. The molecule has 0 fully saturated rings. The van der Waals surface area contributed by atoms with Gasteiger partial charge in [-0.3, -0.25) is 0 Å². The van der Waals surface area contributed by atoms with Crippen molar-refractivity contribution in [2.45, 2.75) is 27.7 Å². The molecule has 4 rings (SSSR count). The van der Waals surface area contributed by atoms with Gasteiger partial charge < -0.3 is 14.8 Å². The van der Waals surface area contributed by atoms with Gasteiger partial charge >= 0.3 is 0 Å². The number of anilines is 1. The molecule has 0 radical (unpaired) electrons. The maximum Gasteiger partial charge on any atom is 0.254 e. The number of para-hydroxylation sites is 1. The van der Waals surface area contributed by atoms with Crippen LogP contribution in [-0.2, 0) is 0 Å². The number of fused-ring (bicyclic) bond motifs is 1. The lowest BCUT2D eigenvalue weighted by molar-refractivity contribution is 0.327. The first-order valence-corrected chi connectivity index (χ1v) is 9.90. The first-order chi connectivity index (χ1) is 14.5. The van der Waals surface area contributed by atoms with Gasteiger partial charge in [-0.2, -0.15) is 14.6 Å². The fourth-order valence-corrected chi connectivity index (χ4v) is 3.39. The zero-order chi connectivity index (χ0) is 21.1. The molecule has 0 saturated heterocycles. The fraction of sp³-hybridized carbons (Fsp3) is 0.261. The van der Waals surface area contributed by atoms with Gasteiger partial charge in [0, 0.05) is 11.3 Å². The third-order valence-corrected chi connectivity index (χ3v) is 4.96. The predicted octanol–water partition coefficient (Wildman–Crippen LogP) is 4.64. The number of aromatic nitrogens is 4. The van der Waals surface area contributed by atoms with E-state index >= 15 is 0 Å². The van der Waals surface area contributed by atoms with Gasteiger partial charge in [0.15, 0.2) is 0 Å². The number of hydrogen-bond donors (Lipinski definition) is 1. The molecule has 4 aromatic rings. The van der Waals surface area contributed by atoms with E-state index in [1.807, 2.05) is 70.2 Å². The minimum atomic E-state index is 0.511. The molecule has 0 aliphatic heterocycles. The van der Waals surface area contributed by atoms with Gasteiger partial charge in [-0.25, -0.2) is 4.98 Å². The lowest BCUT2D eigenvalue weighted by Gasteiger charge is -2.16. The second-order valence-corrected chi connectivity index (χ2v) is 7.22. The van der Waals surface area contributed by atoms with E-state index in [0.717, 1.165) is 45.5 Å². The Kier molecular flexibility index (Phi) is 5.52. The van der Waals surface area contributed by atoms with Crippen LogP contribution in [0.15, 0.2) is 48.8 Å². The second kappa shape index (κ2) is 8.41. The molecule has 7 heteroatoms. The number of rotatable bonds is 7. The molecule has 154 valence electrons. The van der Waals surface area contributed by atoms with Gasteiger partial charge in [-0.1, -0.05) is 18.2 Å². The van der Waals surface area contributed by atoms with Gasteiger partial charge in [-0.05, 0) is 63.1 Å². The highest BCUT2D eigenvalue weighted by Crippen LogP contribution is 2.31. The Morgan fingerprint density at radius 2 is 1.70 bits per heavy atom. The Bertz CT molecular complexity index is 1150. The van der Waals surface area contributed by atoms with Crippen molar-refractivity contribution in [2.75, 3.05) is 18.5 Å². The summed E-state index contributed by atoms with van der Waals surface area (Å²) in [4.78, 5) is 8.62. The SMILES string of the molecule is Cc1cc(Oc2ccccc2)cc(C)c1OCCNc1c(C)c(C)nc2ncnn12. The normalized spacial score (nSPS) is 10.9.